The van der Waals surface area contributed by atoms with Gasteiger partial charge in [0.25, 0.3) is 0 Å². The summed E-state index contributed by atoms with van der Waals surface area (Å²) in [5, 5.41) is 2.58. The van der Waals surface area contributed by atoms with E-state index in [1.165, 1.54) is 17.8 Å². The molecular formula is C19H19FN2O2S. The zero-order valence-electron chi connectivity index (χ0n) is 14.1. The molecule has 2 amide bonds. The fraction of sp³-hybridized carbons (Fsp3) is 0.263. The second kappa shape index (κ2) is 7.27. The highest BCUT2D eigenvalue weighted by Gasteiger charge is 2.34. The van der Waals surface area contributed by atoms with E-state index in [-0.39, 0.29) is 23.0 Å². The van der Waals surface area contributed by atoms with Crippen molar-refractivity contribution >= 4 is 35.0 Å². The largest absolute Gasteiger partial charge is 0.326 e. The molecule has 2 aromatic rings. The number of aryl methyl sites for hydroxylation is 1. The van der Waals surface area contributed by atoms with E-state index in [1.54, 1.807) is 30.9 Å². The second-order valence-electron chi connectivity index (χ2n) is 5.89. The van der Waals surface area contributed by atoms with Gasteiger partial charge in [-0.15, -0.1) is 11.8 Å². The zero-order valence-corrected chi connectivity index (χ0v) is 14.9. The molecule has 0 saturated carbocycles. The minimum atomic E-state index is -0.329. The number of carbonyl (C=O) groups excluding carboxylic acids is 2. The van der Waals surface area contributed by atoms with Crippen molar-refractivity contribution in [1.29, 1.82) is 0 Å². The third kappa shape index (κ3) is 3.69. The Morgan fingerprint density at radius 1 is 1.32 bits per heavy atom. The fourth-order valence-corrected chi connectivity index (χ4v) is 3.87. The van der Waals surface area contributed by atoms with E-state index in [0.717, 1.165) is 5.56 Å². The average Bonchev–Trinajstić information content (AvgIpc) is 2.99. The number of rotatable bonds is 4. The minimum absolute atomic E-state index is 0.0544. The predicted molar refractivity (Wildman–Crippen MR) is 99.2 cm³/mol. The van der Waals surface area contributed by atoms with Crippen LogP contribution in [0.5, 0.6) is 0 Å². The van der Waals surface area contributed by atoms with Gasteiger partial charge in [-0.2, -0.15) is 0 Å². The summed E-state index contributed by atoms with van der Waals surface area (Å²) in [7, 11) is 0. The van der Waals surface area contributed by atoms with Gasteiger partial charge in [-0.05, 0) is 42.3 Å². The molecule has 130 valence electrons. The van der Waals surface area contributed by atoms with E-state index < -0.39 is 0 Å². The number of amides is 2. The molecular weight excluding hydrogens is 339 g/mol. The van der Waals surface area contributed by atoms with Crippen molar-refractivity contribution in [3.63, 3.8) is 0 Å². The number of carbonyl (C=O) groups is 2. The van der Waals surface area contributed by atoms with Gasteiger partial charge in [0.1, 0.15) is 11.2 Å². The first-order valence-electron chi connectivity index (χ1n) is 8.09. The van der Waals surface area contributed by atoms with E-state index in [2.05, 4.69) is 5.32 Å². The Hall–Kier alpha value is -2.34. The molecule has 25 heavy (non-hydrogen) atoms. The van der Waals surface area contributed by atoms with Crippen LogP contribution in [0.4, 0.5) is 15.8 Å². The number of thioether (sulfide) groups is 1. The Labute approximate surface area is 150 Å². The monoisotopic (exact) mass is 358 g/mol. The van der Waals surface area contributed by atoms with Gasteiger partial charge in [0.05, 0.1) is 5.75 Å². The van der Waals surface area contributed by atoms with Crippen molar-refractivity contribution in [2.75, 3.05) is 16.0 Å². The lowest BCUT2D eigenvalue weighted by atomic mass is 10.1. The van der Waals surface area contributed by atoms with E-state index in [9.17, 15) is 14.0 Å². The molecule has 0 unspecified atom stereocenters. The van der Waals surface area contributed by atoms with Crippen LogP contribution in [0.3, 0.4) is 0 Å². The van der Waals surface area contributed by atoms with Crippen molar-refractivity contribution in [2.45, 2.75) is 25.6 Å². The lowest BCUT2D eigenvalue weighted by Crippen LogP contribution is -2.28. The van der Waals surface area contributed by atoms with E-state index >= 15 is 0 Å². The molecule has 4 nitrogen and oxygen atoms in total. The molecule has 0 aromatic heterocycles. The topological polar surface area (TPSA) is 49.4 Å². The summed E-state index contributed by atoms with van der Waals surface area (Å²) < 4.78 is 13.9. The maximum absolute atomic E-state index is 13.9. The standard InChI is InChI=1S/C19H19FN2O2S/c1-3-17(23)21-14-6-4-5-13(9-14)19-22(18(24)11-25-19)15-8-7-12(2)16(20)10-15/h4-10,19H,3,11H2,1-2H3,(H,21,23)/t19-/m1/s1. The van der Waals surface area contributed by atoms with Crippen molar-refractivity contribution in [2.24, 2.45) is 0 Å². The van der Waals surface area contributed by atoms with Gasteiger partial charge in [0.2, 0.25) is 11.8 Å². The van der Waals surface area contributed by atoms with E-state index in [4.69, 9.17) is 0 Å². The Bertz CT molecular complexity index is 825. The van der Waals surface area contributed by atoms with Crippen LogP contribution in [0.1, 0.15) is 29.8 Å². The van der Waals surface area contributed by atoms with Gasteiger partial charge in [-0.1, -0.05) is 25.1 Å². The molecule has 0 aliphatic carbocycles. The highest BCUT2D eigenvalue weighted by atomic mass is 32.2. The zero-order chi connectivity index (χ0) is 18.0. The third-order valence-electron chi connectivity index (χ3n) is 4.08. The maximum Gasteiger partial charge on any atom is 0.238 e. The number of nitrogens with one attached hydrogen (secondary N) is 1. The Kier molecular flexibility index (Phi) is 5.08. The van der Waals surface area contributed by atoms with Crippen LogP contribution in [0.2, 0.25) is 0 Å². The van der Waals surface area contributed by atoms with Gasteiger partial charge in [-0.25, -0.2) is 4.39 Å². The van der Waals surface area contributed by atoms with Crippen molar-refractivity contribution in [3.8, 4) is 0 Å². The van der Waals surface area contributed by atoms with Gasteiger partial charge in [-0.3, -0.25) is 14.5 Å². The molecule has 1 fully saturated rings. The summed E-state index contributed by atoms with van der Waals surface area (Å²) in [5.74, 6) is -0.109. The molecule has 1 atom stereocenters. The highest BCUT2D eigenvalue weighted by Crippen LogP contribution is 2.42. The Morgan fingerprint density at radius 3 is 2.84 bits per heavy atom. The number of hydrogen-bond donors (Lipinski definition) is 1. The molecule has 0 spiro atoms. The van der Waals surface area contributed by atoms with Gasteiger partial charge in [0, 0.05) is 17.8 Å². The number of benzene rings is 2. The number of nitrogens with zero attached hydrogens (tertiary/aromatic N) is 1. The normalized spacial score (nSPS) is 17.0. The Morgan fingerprint density at radius 2 is 2.12 bits per heavy atom. The van der Waals surface area contributed by atoms with Crippen LogP contribution in [0.15, 0.2) is 42.5 Å². The van der Waals surface area contributed by atoms with Gasteiger partial charge >= 0.3 is 0 Å². The quantitative estimate of drug-likeness (QED) is 0.888. The Balaban J connectivity index is 1.92. The molecule has 0 bridgehead atoms. The molecule has 2 aromatic carbocycles. The summed E-state index contributed by atoms with van der Waals surface area (Å²) in [6.45, 7) is 3.48. The average molecular weight is 358 g/mol. The van der Waals surface area contributed by atoms with Crippen LogP contribution >= 0.6 is 11.8 Å². The number of anilines is 2. The lowest BCUT2D eigenvalue weighted by Gasteiger charge is -2.25. The minimum Gasteiger partial charge on any atom is -0.326 e. The first-order chi connectivity index (χ1) is 12.0. The van der Waals surface area contributed by atoms with E-state index in [1.807, 2.05) is 24.3 Å². The van der Waals surface area contributed by atoms with Crippen LogP contribution < -0.4 is 10.2 Å². The molecule has 0 radical (unpaired) electrons. The molecule has 6 heteroatoms. The van der Waals surface area contributed by atoms with Crippen molar-refractivity contribution in [3.05, 3.63) is 59.4 Å². The summed E-state index contributed by atoms with van der Waals surface area (Å²) in [4.78, 5) is 25.6. The van der Waals surface area contributed by atoms with Crippen molar-refractivity contribution in [1.82, 2.24) is 0 Å². The molecule has 1 aliphatic heterocycles. The summed E-state index contributed by atoms with van der Waals surface area (Å²) >= 11 is 1.49. The summed E-state index contributed by atoms with van der Waals surface area (Å²) in [5.41, 5.74) is 2.68. The van der Waals surface area contributed by atoms with Crippen LogP contribution in [0.25, 0.3) is 0 Å². The van der Waals surface area contributed by atoms with Crippen molar-refractivity contribution < 1.29 is 14.0 Å². The maximum atomic E-state index is 13.9. The smallest absolute Gasteiger partial charge is 0.238 e. The first-order valence-corrected chi connectivity index (χ1v) is 9.14. The molecule has 1 aliphatic rings. The molecule has 1 saturated heterocycles. The molecule has 1 N–H and O–H groups in total. The first kappa shape index (κ1) is 17.5. The summed E-state index contributed by atoms with van der Waals surface area (Å²) in [6.07, 6.45) is 0.398. The van der Waals surface area contributed by atoms with E-state index in [0.29, 0.717) is 29.1 Å². The second-order valence-corrected chi connectivity index (χ2v) is 6.96. The predicted octanol–water partition coefficient (Wildman–Crippen LogP) is 4.26. The number of halogens is 1. The summed E-state index contributed by atoms with van der Waals surface area (Å²) in [6, 6.07) is 12.3. The third-order valence-corrected chi connectivity index (χ3v) is 5.29. The van der Waals surface area contributed by atoms with Gasteiger partial charge in [0.15, 0.2) is 0 Å². The fourth-order valence-electron chi connectivity index (χ4n) is 2.70. The highest BCUT2D eigenvalue weighted by molar-refractivity contribution is 8.00. The molecule has 1 heterocycles. The molecule has 3 rings (SSSR count). The SMILES string of the molecule is CCC(=O)Nc1cccc([C@H]2SCC(=O)N2c2ccc(C)c(F)c2)c1. The van der Waals surface area contributed by atoms with Crippen LogP contribution in [-0.4, -0.2) is 17.6 Å². The van der Waals surface area contributed by atoms with Gasteiger partial charge < -0.3 is 5.32 Å². The number of hydrogen-bond acceptors (Lipinski definition) is 3. The lowest BCUT2D eigenvalue weighted by molar-refractivity contribution is -0.116. The van der Waals surface area contributed by atoms with Crippen LogP contribution in [0, 0.1) is 12.7 Å². The van der Waals surface area contributed by atoms with Crippen LogP contribution in [-0.2, 0) is 9.59 Å².